The smallest absolute Gasteiger partial charge is 0.242 e. The number of hydrogen-bond acceptors (Lipinski definition) is 4. The summed E-state index contributed by atoms with van der Waals surface area (Å²) in [5, 5.41) is 0. The fourth-order valence-corrected chi connectivity index (χ4v) is 3.66. The van der Waals surface area contributed by atoms with Crippen LogP contribution in [0.2, 0.25) is 0 Å². The van der Waals surface area contributed by atoms with Crippen LogP contribution >= 0.6 is 11.3 Å². The molecule has 0 amide bonds. The first-order valence-corrected chi connectivity index (χ1v) is 8.29. The first kappa shape index (κ1) is 14.3. The number of hydrogen-bond donors (Lipinski definition) is 3. The standard InChI is InChI=1S/C12H17N3O2S2/c1-2-10-3-4-11(18-10)7-15-19(16,17)12-5-9(6-13)14-8-12/h3-5,8,14-15H,2,6-7,13H2,1H3. The molecule has 0 radical (unpaired) electrons. The lowest BCUT2D eigenvalue weighted by atomic mass is 10.4. The third-order valence-corrected chi connectivity index (χ3v) is 5.36. The van der Waals surface area contributed by atoms with Crippen LogP contribution in [0, 0.1) is 0 Å². The highest BCUT2D eigenvalue weighted by Crippen LogP contribution is 2.18. The summed E-state index contributed by atoms with van der Waals surface area (Å²) in [5.74, 6) is 0. The van der Waals surface area contributed by atoms with Crippen LogP contribution in [-0.4, -0.2) is 13.4 Å². The van der Waals surface area contributed by atoms with E-state index < -0.39 is 10.0 Å². The lowest BCUT2D eigenvalue weighted by Crippen LogP contribution is -2.22. The summed E-state index contributed by atoms with van der Waals surface area (Å²) in [5.41, 5.74) is 6.14. The van der Waals surface area contributed by atoms with Crippen molar-refractivity contribution in [2.75, 3.05) is 0 Å². The van der Waals surface area contributed by atoms with Crippen LogP contribution in [0.5, 0.6) is 0 Å². The predicted octanol–water partition coefficient (Wildman–Crippen LogP) is 1.58. The summed E-state index contributed by atoms with van der Waals surface area (Å²) in [6.07, 6.45) is 2.42. The maximum Gasteiger partial charge on any atom is 0.242 e. The number of thiophene rings is 1. The first-order chi connectivity index (χ1) is 9.05. The number of rotatable bonds is 6. The highest BCUT2D eigenvalue weighted by molar-refractivity contribution is 7.89. The van der Waals surface area contributed by atoms with Crippen molar-refractivity contribution < 1.29 is 8.42 Å². The maximum absolute atomic E-state index is 12.0. The van der Waals surface area contributed by atoms with E-state index in [-0.39, 0.29) is 4.90 Å². The van der Waals surface area contributed by atoms with Gasteiger partial charge in [0.2, 0.25) is 10.0 Å². The van der Waals surface area contributed by atoms with Gasteiger partial charge < -0.3 is 10.7 Å². The molecule has 0 saturated carbocycles. The van der Waals surface area contributed by atoms with E-state index in [2.05, 4.69) is 16.6 Å². The van der Waals surface area contributed by atoms with E-state index in [9.17, 15) is 8.42 Å². The molecule has 0 spiro atoms. The molecule has 0 fully saturated rings. The Morgan fingerprint density at radius 1 is 1.37 bits per heavy atom. The van der Waals surface area contributed by atoms with E-state index in [1.165, 1.54) is 11.1 Å². The van der Waals surface area contributed by atoms with Gasteiger partial charge in [-0.3, -0.25) is 0 Å². The van der Waals surface area contributed by atoms with E-state index >= 15 is 0 Å². The van der Waals surface area contributed by atoms with Gasteiger partial charge in [-0.05, 0) is 24.6 Å². The Morgan fingerprint density at radius 3 is 2.68 bits per heavy atom. The quantitative estimate of drug-likeness (QED) is 0.756. The van der Waals surface area contributed by atoms with Crippen molar-refractivity contribution in [3.8, 4) is 0 Å². The molecule has 19 heavy (non-hydrogen) atoms. The lowest BCUT2D eigenvalue weighted by molar-refractivity contribution is 0.582. The normalized spacial score (nSPS) is 11.9. The zero-order valence-electron chi connectivity index (χ0n) is 10.6. The summed E-state index contributed by atoms with van der Waals surface area (Å²) >= 11 is 1.62. The van der Waals surface area contributed by atoms with E-state index in [0.717, 1.165) is 11.3 Å². The summed E-state index contributed by atoms with van der Waals surface area (Å²) < 4.78 is 26.7. The zero-order chi connectivity index (χ0) is 13.9. The van der Waals surface area contributed by atoms with Crippen LogP contribution in [-0.2, 0) is 29.5 Å². The number of sulfonamides is 1. The minimum absolute atomic E-state index is 0.222. The van der Waals surface area contributed by atoms with Gasteiger partial charge in [-0.25, -0.2) is 13.1 Å². The molecule has 0 aliphatic rings. The van der Waals surface area contributed by atoms with Crippen molar-refractivity contribution in [3.63, 3.8) is 0 Å². The monoisotopic (exact) mass is 299 g/mol. The average Bonchev–Trinajstić information content (AvgIpc) is 3.05. The van der Waals surface area contributed by atoms with E-state index in [0.29, 0.717) is 18.8 Å². The highest BCUT2D eigenvalue weighted by Gasteiger charge is 2.15. The second kappa shape index (κ2) is 5.87. The van der Waals surface area contributed by atoms with Gasteiger partial charge in [-0.15, -0.1) is 11.3 Å². The molecule has 0 aliphatic carbocycles. The fraction of sp³-hybridized carbons (Fsp3) is 0.333. The summed E-state index contributed by atoms with van der Waals surface area (Å²) in [6, 6.07) is 5.53. The molecule has 4 N–H and O–H groups in total. The van der Waals surface area contributed by atoms with E-state index in [1.54, 1.807) is 17.4 Å². The van der Waals surface area contributed by atoms with Gasteiger partial charge in [-0.1, -0.05) is 6.92 Å². The van der Waals surface area contributed by atoms with Crippen LogP contribution in [0.4, 0.5) is 0 Å². The third-order valence-electron chi connectivity index (χ3n) is 2.75. The van der Waals surface area contributed by atoms with E-state index in [1.807, 2.05) is 12.1 Å². The number of aromatic nitrogens is 1. The predicted molar refractivity (Wildman–Crippen MR) is 76.4 cm³/mol. The number of nitrogens with one attached hydrogen (secondary N) is 2. The Labute approximate surface area is 116 Å². The van der Waals surface area contributed by atoms with Gasteiger partial charge in [0.25, 0.3) is 0 Å². The van der Waals surface area contributed by atoms with E-state index in [4.69, 9.17) is 5.73 Å². The Morgan fingerprint density at radius 2 is 2.11 bits per heavy atom. The topological polar surface area (TPSA) is 88.0 Å². The molecule has 104 valence electrons. The maximum atomic E-state index is 12.0. The largest absolute Gasteiger partial charge is 0.363 e. The van der Waals surface area contributed by atoms with Gasteiger partial charge in [-0.2, -0.15) is 0 Å². The van der Waals surface area contributed by atoms with Crippen LogP contribution in [0.1, 0.15) is 22.4 Å². The fourth-order valence-electron chi connectivity index (χ4n) is 1.65. The molecule has 0 atom stereocenters. The van der Waals surface area contributed by atoms with Crippen molar-refractivity contribution in [2.45, 2.75) is 31.3 Å². The Hall–Kier alpha value is -1.15. The molecule has 0 unspecified atom stereocenters. The van der Waals surface area contributed by atoms with Gasteiger partial charge in [0.05, 0.1) is 4.90 Å². The lowest BCUT2D eigenvalue weighted by Gasteiger charge is -2.02. The van der Waals surface area contributed by atoms with Crippen molar-refractivity contribution in [1.29, 1.82) is 0 Å². The summed E-state index contributed by atoms with van der Waals surface area (Å²) in [6.45, 7) is 2.68. The summed E-state index contributed by atoms with van der Waals surface area (Å²) in [4.78, 5) is 5.31. The highest BCUT2D eigenvalue weighted by atomic mass is 32.2. The van der Waals surface area contributed by atoms with Crippen LogP contribution in [0.3, 0.4) is 0 Å². The molecular weight excluding hydrogens is 282 g/mol. The second-order valence-corrected chi connectivity index (χ2v) is 7.13. The molecule has 0 bridgehead atoms. The molecule has 2 aromatic heterocycles. The summed E-state index contributed by atoms with van der Waals surface area (Å²) in [7, 11) is -3.48. The van der Waals surface area contributed by atoms with Crippen molar-refractivity contribution >= 4 is 21.4 Å². The number of nitrogens with two attached hydrogens (primary N) is 1. The minimum Gasteiger partial charge on any atom is -0.363 e. The molecule has 2 rings (SSSR count). The molecule has 0 aliphatic heterocycles. The van der Waals surface area contributed by atoms with Gasteiger partial charge in [0.1, 0.15) is 0 Å². The van der Waals surface area contributed by atoms with Crippen LogP contribution in [0.15, 0.2) is 29.3 Å². The van der Waals surface area contributed by atoms with Crippen molar-refractivity contribution in [3.05, 3.63) is 39.8 Å². The SMILES string of the molecule is CCc1ccc(CNS(=O)(=O)c2c[nH]c(CN)c2)s1. The molecular formula is C12H17N3O2S2. The third kappa shape index (κ3) is 3.44. The van der Waals surface area contributed by atoms with Crippen LogP contribution < -0.4 is 10.5 Å². The van der Waals surface area contributed by atoms with Crippen LogP contribution in [0.25, 0.3) is 0 Å². The Kier molecular flexibility index (Phi) is 4.41. The van der Waals surface area contributed by atoms with Gasteiger partial charge in [0, 0.05) is 34.7 Å². The van der Waals surface area contributed by atoms with Gasteiger partial charge in [0.15, 0.2) is 0 Å². The number of aryl methyl sites for hydroxylation is 1. The minimum atomic E-state index is -3.48. The molecule has 0 saturated heterocycles. The Balaban J connectivity index is 2.05. The Bertz CT molecular complexity index is 643. The molecule has 5 nitrogen and oxygen atoms in total. The molecule has 2 aromatic rings. The number of aromatic amines is 1. The average molecular weight is 299 g/mol. The zero-order valence-corrected chi connectivity index (χ0v) is 12.3. The number of H-pyrrole nitrogens is 1. The van der Waals surface area contributed by atoms with Crippen molar-refractivity contribution in [2.24, 2.45) is 5.73 Å². The molecule has 2 heterocycles. The molecule has 0 aromatic carbocycles. The van der Waals surface area contributed by atoms with Crippen molar-refractivity contribution in [1.82, 2.24) is 9.71 Å². The second-order valence-electron chi connectivity index (χ2n) is 4.11. The van der Waals surface area contributed by atoms with Gasteiger partial charge >= 0.3 is 0 Å². The molecule has 7 heteroatoms. The first-order valence-electron chi connectivity index (χ1n) is 5.99.